The van der Waals surface area contributed by atoms with Crippen molar-refractivity contribution in [2.75, 3.05) is 0 Å². The summed E-state index contributed by atoms with van der Waals surface area (Å²) < 4.78 is 0.410. The monoisotopic (exact) mass is 208 g/mol. The van der Waals surface area contributed by atoms with Crippen molar-refractivity contribution in [2.24, 2.45) is 5.73 Å². The number of nitriles is 1. The first-order valence-corrected chi connectivity index (χ1v) is 4.88. The maximum Gasteiger partial charge on any atom is 0.135 e. The molecule has 0 atom stereocenters. The van der Waals surface area contributed by atoms with Crippen LogP contribution in [-0.2, 0) is 6.42 Å². The highest BCUT2D eigenvalue weighted by Crippen LogP contribution is 2.18. The normalized spacial score (nSPS) is 9.15. The third-order valence-corrected chi connectivity index (χ3v) is 2.38. The van der Waals surface area contributed by atoms with E-state index in [1.807, 2.05) is 24.3 Å². The lowest BCUT2D eigenvalue weighted by molar-refractivity contribution is 1.24. The van der Waals surface area contributed by atoms with Crippen LogP contribution in [0.25, 0.3) is 0 Å². The van der Waals surface area contributed by atoms with Crippen LogP contribution in [-0.4, -0.2) is 4.32 Å². The first-order chi connectivity index (χ1) is 6.22. The Labute approximate surface area is 86.7 Å². The number of rotatable bonds is 2. The molecule has 1 rings (SSSR count). The highest BCUT2D eigenvalue weighted by atomic mass is 32.2. The molecule has 0 aliphatic carbocycles. The molecule has 0 aromatic heterocycles. The molecule has 66 valence electrons. The van der Waals surface area contributed by atoms with Crippen molar-refractivity contribution in [3.63, 3.8) is 0 Å². The van der Waals surface area contributed by atoms with E-state index in [0.717, 1.165) is 10.5 Å². The van der Waals surface area contributed by atoms with Crippen LogP contribution in [0.1, 0.15) is 5.56 Å². The molecular weight excluding hydrogens is 200 g/mol. The van der Waals surface area contributed by atoms with Crippen LogP contribution in [0, 0.1) is 11.3 Å². The Morgan fingerprint density at radius 2 is 2.08 bits per heavy atom. The third kappa shape index (κ3) is 3.45. The van der Waals surface area contributed by atoms with E-state index < -0.39 is 0 Å². The number of hydrogen-bond acceptors (Lipinski definition) is 3. The van der Waals surface area contributed by atoms with Crippen molar-refractivity contribution >= 4 is 28.3 Å². The summed E-state index contributed by atoms with van der Waals surface area (Å²) in [5.74, 6) is 0. The van der Waals surface area contributed by atoms with E-state index in [9.17, 15) is 0 Å². The lowest BCUT2D eigenvalue weighted by Crippen LogP contribution is -2.00. The SMILES string of the molecule is N#CCc1ccc(SC(N)=S)cc1. The van der Waals surface area contributed by atoms with Crippen LogP contribution in [0.3, 0.4) is 0 Å². The molecule has 0 aliphatic heterocycles. The molecule has 0 unspecified atom stereocenters. The molecule has 0 saturated carbocycles. The molecule has 0 radical (unpaired) electrons. The van der Waals surface area contributed by atoms with Crippen molar-refractivity contribution in [3.05, 3.63) is 29.8 Å². The molecule has 2 nitrogen and oxygen atoms in total. The first kappa shape index (κ1) is 10.0. The molecule has 0 bridgehead atoms. The molecule has 0 spiro atoms. The van der Waals surface area contributed by atoms with Gasteiger partial charge >= 0.3 is 0 Å². The minimum atomic E-state index is 0.410. The Hall–Kier alpha value is -1.05. The van der Waals surface area contributed by atoms with Crippen LogP contribution < -0.4 is 5.73 Å². The van der Waals surface area contributed by atoms with Gasteiger partial charge in [0.25, 0.3) is 0 Å². The summed E-state index contributed by atoms with van der Waals surface area (Å²) in [6.45, 7) is 0. The molecule has 1 aromatic rings. The van der Waals surface area contributed by atoms with Gasteiger partial charge in [-0.05, 0) is 17.7 Å². The minimum absolute atomic E-state index is 0.410. The zero-order chi connectivity index (χ0) is 9.68. The summed E-state index contributed by atoms with van der Waals surface area (Å²) >= 11 is 6.10. The van der Waals surface area contributed by atoms with Crippen LogP contribution in [0.5, 0.6) is 0 Å². The van der Waals surface area contributed by atoms with Crippen molar-refractivity contribution in [3.8, 4) is 6.07 Å². The molecule has 0 heterocycles. The largest absolute Gasteiger partial charge is 0.384 e. The minimum Gasteiger partial charge on any atom is -0.384 e. The Bertz CT molecular complexity index is 338. The van der Waals surface area contributed by atoms with Gasteiger partial charge in [-0.15, -0.1) is 0 Å². The first-order valence-electron chi connectivity index (χ1n) is 3.65. The zero-order valence-corrected chi connectivity index (χ0v) is 8.49. The molecule has 0 amide bonds. The van der Waals surface area contributed by atoms with Crippen molar-refractivity contribution in [1.29, 1.82) is 5.26 Å². The molecule has 0 saturated heterocycles. The highest BCUT2D eigenvalue weighted by molar-refractivity contribution is 8.22. The second kappa shape index (κ2) is 4.85. The Morgan fingerprint density at radius 1 is 1.46 bits per heavy atom. The summed E-state index contributed by atoms with van der Waals surface area (Å²) in [5, 5.41) is 8.44. The van der Waals surface area contributed by atoms with Gasteiger partial charge in [-0.25, -0.2) is 0 Å². The van der Waals surface area contributed by atoms with Gasteiger partial charge in [0.15, 0.2) is 0 Å². The third-order valence-electron chi connectivity index (χ3n) is 1.42. The molecule has 2 N–H and O–H groups in total. The van der Waals surface area contributed by atoms with Gasteiger partial charge in [0.2, 0.25) is 0 Å². The van der Waals surface area contributed by atoms with E-state index in [4.69, 9.17) is 23.2 Å². The fraction of sp³-hybridized carbons (Fsp3) is 0.111. The molecule has 1 aromatic carbocycles. The smallest absolute Gasteiger partial charge is 0.135 e. The predicted molar refractivity (Wildman–Crippen MR) is 58.4 cm³/mol. The number of thiocarbonyl (C=S) groups is 1. The fourth-order valence-corrected chi connectivity index (χ4v) is 1.68. The number of nitrogens with two attached hydrogens (primary N) is 1. The van der Waals surface area contributed by atoms with E-state index in [0.29, 0.717) is 10.7 Å². The lowest BCUT2D eigenvalue weighted by Gasteiger charge is -1.99. The molecular formula is C9H8N2S2. The van der Waals surface area contributed by atoms with Gasteiger partial charge in [0.1, 0.15) is 4.32 Å². The Morgan fingerprint density at radius 3 is 2.54 bits per heavy atom. The van der Waals surface area contributed by atoms with E-state index in [-0.39, 0.29) is 0 Å². The number of hydrogen-bond donors (Lipinski definition) is 1. The van der Waals surface area contributed by atoms with Crippen molar-refractivity contribution in [2.45, 2.75) is 11.3 Å². The van der Waals surface area contributed by atoms with Crippen LogP contribution in [0.2, 0.25) is 0 Å². The van der Waals surface area contributed by atoms with E-state index in [1.165, 1.54) is 11.8 Å². The van der Waals surface area contributed by atoms with Gasteiger partial charge in [0, 0.05) is 4.90 Å². The summed E-state index contributed by atoms with van der Waals surface area (Å²) in [5.41, 5.74) is 6.37. The van der Waals surface area contributed by atoms with Gasteiger partial charge in [-0.3, -0.25) is 0 Å². The quantitative estimate of drug-likeness (QED) is 0.597. The van der Waals surface area contributed by atoms with Gasteiger partial charge in [0.05, 0.1) is 12.5 Å². The highest BCUT2D eigenvalue weighted by Gasteiger charge is 1.96. The van der Waals surface area contributed by atoms with Crippen LogP contribution >= 0.6 is 24.0 Å². The number of nitrogens with zero attached hydrogens (tertiary/aromatic N) is 1. The van der Waals surface area contributed by atoms with E-state index in [1.54, 1.807) is 0 Å². The fourth-order valence-electron chi connectivity index (χ4n) is 0.883. The molecule has 4 heteroatoms. The average molecular weight is 208 g/mol. The van der Waals surface area contributed by atoms with Crippen LogP contribution in [0.4, 0.5) is 0 Å². The molecule has 0 fully saturated rings. The van der Waals surface area contributed by atoms with Gasteiger partial charge in [-0.1, -0.05) is 36.1 Å². The second-order valence-corrected chi connectivity index (χ2v) is 4.21. The standard InChI is InChI=1S/C9H8N2S2/c10-6-5-7-1-3-8(4-2-7)13-9(11)12/h1-4H,5H2,(H2,11,12). The topological polar surface area (TPSA) is 49.8 Å². The average Bonchev–Trinajstić information content (AvgIpc) is 2.08. The summed E-state index contributed by atoms with van der Waals surface area (Å²) in [7, 11) is 0. The Kier molecular flexibility index (Phi) is 3.74. The van der Waals surface area contributed by atoms with Gasteiger partial charge in [-0.2, -0.15) is 5.26 Å². The lowest BCUT2D eigenvalue weighted by atomic mass is 10.2. The molecule has 0 aliphatic rings. The summed E-state index contributed by atoms with van der Waals surface area (Å²) in [6.07, 6.45) is 0.442. The second-order valence-electron chi connectivity index (χ2n) is 2.40. The Balaban J connectivity index is 2.70. The zero-order valence-electron chi connectivity index (χ0n) is 6.86. The molecule has 13 heavy (non-hydrogen) atoms. The van der Waals surface area contributed by atoms with Crippen LogP contribution in [0.15, 0.2) is 29.2 Å². The van der Waals surface area contributed by atoms with Crippen molar-refractivity contribution in [1.82, 2.24) is 0 Å². The van der Waals surface area contributed by atoms with Gasteiger partial charge < -0.3 is 5.73 Å². The number of thioether (sulfide) groups is 1. The summed E-state index contributed by atoms with van der Waals surface area (Å²) in [6, 6.07) is 9.73. The maximum absolute atomic E-state index is 8.44. The van der Waals surface area contributed by atoms with E-state index >= 15 is 0 Å². The predicted octanol–water partition coefficient (Wildman–Crippen LogP) is 2.09. The number of benzene rings is 1. The summed E-state index contributed by atoms with van der Waals surface area (Å²) in [4.78, 5) is 1.01. The van der Waals surface area contributed by atoms with Crippen molar-refractivity contribution < 1.29 is 0 Å². The van der Waals surface area contributed by atoms with E-state index in [2.05, 4.69) is 6.07 Å². The maximum atomic E-state index is 8.44.